The summed E-state index contributed by atoms with van der Waals surface area (Å²) in [6.45, 7) is 5.24. The highest BCUT2D eigenvalue weighted by Gasteiger charge is 2.09. The molecule has 0 saturated heterocycles. The van der Waals surface area contributed by atoms with Gasteiger partial charge in [0.2, 0.25) is 5.91 Å². The summed E-state index contributed by atoms with van der Waals surface area (Å²) in [6, 6.07) is 3.88. The summed E-state index contributed by atoms with van der Waals surface area (Å²) in [4.78, 5) is 11.2. The molecule has 16 heavy (non-hydrogen) atoms. The van der Waals surface area contributed by atoms with Crippen LogP contribution in [0.2, 0.25) is 0 Å². The molecule has 0 bridgehead atoms. The third-order valence-corrected chi connectivity index (χ3v) is 2.62. The molecule has 1 amide bonds. The molecular weight excluding hydrogens is 272 g/mol. The fourth-order valence-corrected chi connectivity index (χ4v) is 1.67. The van der Waals surface area contributed by atoms with Crippen LogP contribution in [0.1, 0.15) is 32.1 Å². The molecule has 0 spiro atoms. The Balaban J connectivity index is 2.25. The smallest absolute Gasteiger partial charge is 0.221 e. The number of halogens is 1. The van der Waals surface area contributed by atoms with Crippen molar-refractivity contribution in [2.75, 3.05) is 13.1 Å². The first-order chi connectivity index (χ1) is 7.63. The van der Waals surface area contributed by atoms with Gasteiger partial charge >= 0.3 is 0 Å². The summed E-state index contributed by atoms with van der Waals surface area (Å²) in [6.07, 6.45) is 0.486. The first kappa shape index (κ1) is 13.3. The predicted molar refractivity (Wildman–Crippen MR) is 66.1 cm³/mol. The monoisotopic (exact) mass is 288 g/mol. The lowest BCUT2D eigenvalue weighted by Gasteiger charge is -2.10. The van der Waals surface area contributed by atoms with Crippen LogP contribution in [-0.2, 0) is 4.79 Å². The van der Waals surface area contributed by atoms with Gasteiger partial charge in [-0.3, -0.25) is 4.79 Å². The van der Waals surface area contributed by atoms with Gasteiger partial charge in [-0.25, -0.2) is 0 Å². The molecule has 0 aromatic carbocycles. The maximum absolute atomic E-state index is 11.2. The van der Waals surface area contributed by atoms with Crippen LogP contribution in [0.4, 0.5) is 0 Å². The summed E-state index contributed by atoms with van der Waals surface area (Å²) in [7, 11) is 0. The minimum absolute atomic E-state index is 0.0721. The van der Waals surface area contributed by atoms with Gasteiger partial charge in [0.25, 0.3) is 0 Å². The molecule has 90 valence electrons. The molecule has 1 heterocycles. The Morgan fingerprint density at radius 3 is 2.88 bits per heavy atom. The predicted octanol–water partition coefficient (Wildman–Crippen LogP) is 2.22. The molecule has 1 unspecified atom stereocenters. The second-order valence-electron chi connectivity index (χ2n) is 3.52. The number of furan rings is 1. The highest BCUT2D eigenvalue weighted by atomic mass is 79.9. The lowest BCUT2D eigenvalue weighted by molar-refractivity contribution is -0.120. The van der Waals surface area contributed by atoms with Crippen molar-refractivity contribution >= 4 is 21.8 Å². The van der Waals surface area contributed by atoms with Gasteiger partial charge in [-0.05, 0) is 41.9 Å². The molecule has 0 aliphatic rings. The lowest BCUT2D eigenvalue weighted by atomic mass is 10.2. The van der Waals surface area contributed by atoms with Crippen LogP contribution in [0.25, 0.3) is 0 Å². The number of hydrogen-bond acceptors (Lipinski definition) is 3. The average Bonchev–Trinajstić information content (AvgIpc) is 2.65. The van der Waals surface area contributed by atoms with Gasteiger partial charge in [-0.1, -0.05) is 0 Å². The van der Waals surface area contributed by atoms with E-state index in [1.807, 2.05) is 26.0 Å². The van der Waals surface area contributed by atoms with Crippen LogP contribution in [-0.4, -0.2) is 19.0 Å². The largest absolute Gasteiger partial charge is 0.453 e. The van der Waals surface area contributed by atoms with Crippen molar-refractivity contribution in [1.82, 2.24) is 10.6 Å². The fourth-order valence-electron chi connectivity index (χ4n) is 1.35. The molecular formula is C11H17BrN2O2. The maximum Gasteiger partial charge on any atom is 0.221 e. The first-order valence-corrected chi connectivity index (χ1v) is 6.18. The third-order valence-electron chi connectivity index (χ3n) is 2.20. The number of rotatable bonds is 6. The molecule has 1 aromatic heterocycles. The molecule has 0 fully saturated rings. The van der Waals surface area contributed by atoms with E-state index >= 15 is 0 Å². The minimum Gasteiger partial charge on any atom is -0.453 e. The Hall–Kier alpha value is -0.810. The number of nitrogens with one attached hydrogen (secondary N) is 2. The van der Waals surface area contributed by atoms with Crippen molar-refractivity contribution in [3.05, 3.63) is 22.6 Å². The van der Waals surface area contributed by atoms with Crippen LogP contribution in [0.5, 0.6) is 0 Å². The number of amides is 1. The third kappa shape index (κ3) is 4.37. The van der Waals surface area contributed by atoms with E-state index in [1.165, 1.54) is 0 Å². The average molecular weight is 289 g/mol. The van der Waals surface area contributed by atoms with E-state index in [9.17, 15) is 4.79 Å². The molecule has 2 N–H and O–H groups in total. The fraction of sp³-hybridized carbons (Fsp3) is 0.545. The van der Waals surface area contributed by atoms with Crippen LogP contribution < -0.4 is 10.6 Å². The van der Waals surface area contributed by atoms with Gasteiger partial charge in [0.1, 0.15) is 5.76 Å². The van der Waals surface area contributed by atoms with E-state index in [4.69, 9.17) is 4.42 Å². The Labute approximate surface area is 104 Å². The summed E-state index contributed by atoms with van der Waals surface area (Å²) >= 11 is 3.25. The van der Waals surface area contributed by atoms with Gasteiger partial charge in [-0.15, -0.1) is 0 Å². The van der Waals surface area contributed by atoms with Gasteiger partial charge < -0.3 is 15.1 Å². The standard InChI is InChI=1S/C11H17BrN2O2/c1-3-13-11(15)6-7-14-8(2)9-4-5-10(12)16-9/h4-5,8,14H,3,6-7H2,1-2H3,(H,13,15). The molecule has 0 radical (unpaired) electrons. The van der Waals surface area contributed by atoms with Crippen LogP contribution in [0, 0.1) is 0 Å². The van der Waals surface area contributed by atoms with E-state index in [0.717, 1.165) is 10.4 Å². The SMILES string of the molecule is CCNC(=O)CCNC(C)c1ccc(Br)o1. The van der Waals surface area contributed by atoms with E-state index in [-0.39, 0.29) is 11.9 Å². The van der Waals surface area contributed by atoms with Gasteiger partial charge in [0.15, 0.2) is 4.67 Å². The summed E-state index contributed by atoms with van der Waals surface area (Å²) in [5, 5.41) is 5.98. The highest BCUT2D eigenvalue weighted by Crippen LogP contribution is 2.19. The quantitative estimate of drug-likeness (QED) is 0.844. The Bertz CT molecular complexity index is 338. The van der Waals surface area contributed by atoms with Crippen molar-refractivity contribution in [2.45, 2.75) is 26.3 Å². The summed E-state index contributed by atoms with van der Waals surface area (Å²) in [5.74, 6) is 0.936. The molecule has 4 nitrogen and oxygen atoms in total. The van der Waals surface area contributed by atoms with Crippen LogP contribution in [0.3, 0.4) is 0 Å². The summed E-state index contributed by atoms with van der Waals surface area (Å²) < 4.78 is 6.13. The molecule has 5 heteroatoms. The molecule has 1 atom stereocenters. The van der Waals surface area contributed by atoms with Crippen molar-refractivity contribution in [1.29, 1.82) is 0 Å². The first-order valence-electron chi connectivity index (χ1n) is 5.38. The van der Waals surface area contributed by atoms with E-state index < -0.39 is 0 Å². The zero-order valence-corrected chi connectivity index (χ0v) is 11.1. The van der Waals surface area contributed by atoms with Crippen molar-refractivity contribution in [3.63, 3.8) is 0 Å². The van der Waals surface area contributed by atoms with Crippen LogP contribution in [0.15, 0.2) is 21.2 Å². The van der Waals surface area contributed by atoms with Crippen molar-refractivity contribution < 1.29 is 9.21 Å². The number of carbonyl (C=O) groups excluding carboxylic acids is 1. The second kappa shape index (κ2) is 6.70. The lowest BCUT2D eigenvalue weighted by Crippen LogP contribution is -2.28. The van der Waals surface area contributed by atoms with Gasteiger partial charge in [0.05, 0.1) is 6.04 Å². The highest BCUT2D eigenvalue weighted by molar-refractivity contribution is 9.10. The normalized spacial score (nSPS) is 12.4. The van der Waals surface area contributed by atoms with E-state index in [2.05, 4.69) is 26.6 Å². The Morgan fingerprint density at radius 2 is 2.31 bits per heavy atom. The topological polar surface area (TPSA) is 54.3 Å². The Morgan fingerprint density at radius 1 is 1.56 bits per heavy atom. The van der Waals surface area contributed by atoms with Crippen molar-refractivity contribution in [3.8, 4) is 0 Å². The number of carbonyl (C=O) groups is 1. The zero-order valence-electron chi connectivity index (χ0n) is 9.55. The van der Waals surface area contributed by atoms with Gasteiger partial charge in [0, 0.05) is 19.5 Å². The molecule has 1 rings (SSSR count). The zero-order chi connectivity index (χ0) is 12.0. The molecule has 1 aromatic rings. The number of hydrogen-bond donors (Lipinski definition) is 2. The second-order valence-corrected chi connectivity index (χ2v) is 4.30. The molecule has 0 aliphatic heterocycles. The molecule has 0 aliphatic carbocycles. The Kier molecular flexibility index (Phi) is 5.55. The van der Waals surface area contributed by atoms with Gasteiger partial charge in [-0.2, -0.15) is 0 Å². The molecule has 0 saturated carbocycles. The van der Waals surface area contributed by atoms with Crippen LogP contribution >= 0.6 is 15.9 Å². The van der Waals surface area contributed by atoms with Crippen molar-refractivity contribution in [2.24, 2.45) is 0 Å². The maximum atomic E-state index is 11.2. The minimum atomic E-state index is 0.0721. The summed E-state index contributed by atoms with van der Waals surface area (Å²) in [5.41, 5.74) is 0. The van der Waals surface area contributed by atoms with E-state index in [0.29, 0.717) is 19.5 Å². The van der Waals surface area contributed by atoms with E-state index in [1.54, 1.807) is 0 Å².